The van der Waals surface area contributed by atoms with Crippen LogP contribution in [-0.4, -0.2) is 36.9 Å². The van der Waals surface area contributed by atoms with Gasteiger partial charge in [-0.25, -0.2) is 8.42 Å². The van der Waals surface area contributed by atoms with Crippen molar-refractivity contribution in [1.82, 2.24) is 9.46 Å². The average molecular weight is 379 g/mol. The zero-order valence-electron chi connectivity index (χ0n) is 15.9. The van der Waals surface area contributed by atoms with E-state index in [0.717, 1.165) is 0 Å². The maximum Gasteiger partial charge on any atom is 0.261 e. The summed E-state index contributed by atoms with van der Waals surface area (Å²) in [6.07, 6.45) is 0. The Labute approximate surface area is 154 Å². The second-order valence-corrected chi connectivity index (χ2v) is 8.75. The first-order chi connectivity index (χ1) is 12.1. The molecule has 0 bridgehead atoms. The summed E-state index contributed by atoms with van der Waals surface area (Å²) in [5.41, 5.74) is 1.43. The van der Waals surface area contributed by atoms with E-state index in [1.807, 2.05) is 13.8 Å². The van der Waals surface area contributed by atoms with Crippen LogP contribution in [0.25, 0.3) is 0 Å². The van der Waals surface area contributed by atoms with Crippen molar-refractivity contribution in [2.75, 3.05) is 12.4 Å². The number of nitrogens with zero attached hydrogens (tertiary/aromatic N) is 2. The highest BCUT2D eigenvalue weighted by Gasteiger charge is 2.24. The van der Waals surface area contributed by atoms with Crippen molar-refractivity contribution >= 4 is 21.6 Å². The third kappa shape index (κ3) is 3.96. The fourth-order valence-electron chi connectivity index (χ4n) is 2.41. The van der Waals surface area contributed by atoms with Crippen molar-refractivity contribution < 1.29 is 17.7 Å². The van der Waals surface area contributed by atoms with Crippen molar-refractivity contribution in [1.29, 1.82) is 0 Å². The van der Waals surface area contributed by atoms with E-state index in [4.69, 9.17) is 4.52 Å². The largest absolute Gasteiger partial charge is 0.360 e. The molecule has 1 amide bonds. The van der Waals surface area contributed by atoms with Crippen molar-refractivity contribution in [2.45, 2.75) is 51.5 Å². The molecule has 0 aliphatic rings. The van der Waals surface area contributed by atoms with E-state index < -0.39 is 10.0 Å². The first kappa shape index (κ1) is 20.1. The van der Waals surface area contributed by atoms with Crippen LogP contribution < -0.4 is 5.32 Å². The standard InChI is InChI=1S/C18H25N3O4S/c1-11(2)17-16(13(5)20-25-17)18(22)19-14-7-9-15(10-8-14)26(23,24)21(6)12(3)4/h7-12H,1-6H3,(H,19,22). The van der Waals surface area contributed by atoms with Crippen LogP contribution in [0.5, 0.6) is 0 Å². The lowest BCUT2D eigenvalue weighted by molar-refractivity contribution is 0.102. The van der Waals surface area contributed by atoms with E-state index in [1.54, 1.807) is 32.9 Å². The van der Waals surface area contributed by atoms with Gasteiger partial charge in [0.05, 0.1) is 10.6 Å². The number of hydrogen-bond acceptors (Lipinski definition) is 5. The number of hydrogen-bond donors (Lipinski definition) is 1. The monoisotopic (exact) mass is 379 g/mol. The molecule has 1 aromatic heterocycles. The maximum atomic E-state index is 12.6. The average Bonchev–Trinajstić information content (AvgIpc) is 2.96. The van der Waals surface area contributed by atoms with E-state index in [2.05, 4.69) is 10.5 Å². The van der Waals surface area contributed by atoms with Gasteiger partial charge in [0, 0.05) is 24.7 Å². The van der Waals surface area contributed by atoms with Gasteiger partial charge in [-0.15, -0.1) is 0 Å². The zero-order chi connectivity index (χ0) is 19.6. The molecule has 0 saturated heterocycles. The molecule has 0 spiro atoms. The summed E-state index contributed by atoms with van der Waals surface area (Å²) in [6.45, 7) is 9.16. The number of benzene rings is 1. The summed E-state index contributed by atoms with van der Waals surface area (Å²) in [7, 11) is -2.02. The molecule has 0 aliphatic carbocycles. The highest BCUT2D eigenvalue weighted by molar-refractivity contribution is 7.89. The van der Waals surface area contributed by atoms with E-state index in [9.17, 15) is 13.2 Å². The van der Waals surface area contributed by atoms with Crippen LogP contribution in [-0.2, 0) is 10.0 Å². The second kappa shape index (κ2) is 7.59. The highest BCUT2D eigenvalue weighted by atomic mass is 32.2. The van der Waals surface area contributed by atoms with E-state index in [-0.39, 0.29) is 22.8 Å². The molecule has 26 heavy (non-hydrogen) atoms. The number of carbonyl (C=O) groups excluding carboxylic acids is 1. The molecule has 0 saturated carbocycles. The first-order valence-corrected chi connectivity index (χ1v) is 9.85. The third-order valence-corrected chi connectivity index (χ3v) is 6.20. The second-order valence-electron chi connectivity index (χ2n) is 6.76. The molecule has 7 nitrogen and oxygen atoms in total. The quantitative estimate of drug-likeness (QED) is 0.830. The van der Waals surface area contributed by atoms with Gasteiger partial charge in [0.1, 0.15) is 5.56 Å². The van der Waals surface area contributed by atoms with Crippen molar-refractivity contribution in [3.63, 3.8) is 0 Å². The summed E-state index contributed by atoms with van der Waals surface area (Å²) < 4.78 is 31.5. The van der Waals surface area contributed by atoms with Crippen LogP contribution >= 0.6 is 0 Å². The molecule has 8 heteroatoms. The lowest BCUT2D eigenvalue weighted by Gasteiger charge is -2.21. The van der Waals surface area contributed by atoms with Gasteiger partial charge in [-0.05, 0) is 45.0 Å². The number of nitrogens with one attached hydrogen (secondary N) is 1. The Bertz CT molecular complexity index is 884. The van der Waals surface area contributed by atoms with Crippen LogP contribution in [0.4, 0.5) is 5.69 Å². The Morgan fingerprint density at radius 1 is 1.15 bits per heavy atom. The zero-order valence-corrected chi connectivity index (χ0v) is 16.7. The number of aryl methyl sites for hydroxylation is 1. The Hall–Kier alpha value is -2.19. The first-order valence-electron chi connectivity index (χ1n) is 8.41. The number of carbonyl (C=O) groups is 1. The highest BCUT2D eigenvalue weighted by Crippen LogP contribution is 2.24. The lowest BCUT2D eigenvalue weighted by atomic mass is 10.0. The van der Waals surface area contributed by atoms with Crippen molar-refractivity contribution in [2.24, 2.45) is 0 Å². The minimum absolute atomic E-state index is 0.0241. The van der Waals surface area contributed by atoms with E-state index in [0.29, 0.717) is 22.7 Å². The number of anilines is 1. The lowest BCUT2D eigenvalue weighted by Crippen LogP contribution is -2.33. The molecule has 142 valence electrons. The number of aromatic nitrogens is 1. The molecule has 1 aromatic carbocycles. The number of amides is 1. The molecule has 2 rings (SSSR count). The van der Waals surface area contributed by atoms with Crippen molar-refractivity contribution in [3.05, 3.63) is 41.3 Å². The SMILES string of the molecule is Cc1noc(C(C)C)c1C(=O)Nc1ccc(S(=O)(=O)N(C)C(C)C)cc1. The molecule has 2 aromatic rings. The number of rotatable bonds is 6. The summed E-state index contributed by atoms with van der Waals surface area (Å²) in [6, 6.07) is 5.94. The topological polar surface area (TPSA) is 92.5 Å². The van der Waals surface area contributed by atoms with Crippen LogP contribution in [0.3, 0.4) is 0 Å². The Balaban J connectivity index is 2.23. The van der Waals surface area contributed by atoms with Gasteiger partial charge in [0.15, 0.2) is 5.76 Å². The molecular formula is C18H25N3O4S. The van der Waals surface area contributed by atoms with Gasteiger partial charge < -0.3 is 9.84 Å². The van der Waals surface area contributed by atoms with Crippen molar-refractivity contribution in [3.8, 4) is 0 Å². The summed E-state index contributed by atoms with van der Waals surface area (Å²) in [5, 5.41) is 6.63. The fourth-order valence-corrected chi connectivity index (χ4v) is 3.77. The molecule has 0 unspecified atom stereocenters. The summed E-state index contributed by atoms with van der Waals surface area (Å²) in [5.74, 6) is 0.219. The minimum Gasteiger partial charge on any atom is -0.360 e. The summed E-state index contributed by atoms with van der Waals surface area (Å²) in [4.78, 5) is 12.7. The Kier molecular flexibility index (Phi) is 5.87. The maximum absolute atomic E-state index is 12.6. The van der Waals surface area contributed by atoms with Crippen LogP contribution in [0.15, 0.2) is 33.7 Å². The molecule has 1 N–H and O–H groups in total. The van der Waals surface area contributed by atoms with Crippen LogP contribution in [0, 0.1) is 6.92 Å². The molecule has 0 atom stereocenters. The van der Waals surface area contributed by atoms with Gasteiger partial charge >= 0.3 is 0 Å². The molecular weight excluding hydrogens is 354 g/mol. The van der Waals surface area contributed by atoms with Gasteiger partial charge in [-0.3, -0.25) is 4.79 Å². The van der Waals surface area contributed by atoms with Crippen LogP contribution in [0.1, 0.15) is 55.4 Å². The minimum atomic E-state index is -3.56. The van der Waals surface area contributed by atoms with Crippen LogP contribution in [0.2, 0.25) is 0 Å². The van der Waals surface area contributed by atoms with Gasteiger partial charge in [0.2, 0.25) is 10.0 Å². The predicted molar refractivity (Wildman–Crippen MR) is 99.8 cm³/mol. The van der Waals surface area contributed by atoms with E-state index >= 15 is 0 Å². The molecule has 0 radical (unpaired) electrons. The fraction of sp³-hybridized carbons (Fsp3) is 0.444. The Morgan fingerprint density at radius 3 is 2.23 bits per heavy atom. The number of sulfonamides is 1. The predicted octanol–water partition coefficient (Wildman–Crippen LogP) is 3.39. The Morgan fingerprint density at radius 2 is 1.73 bits per heavy atom. The normalized spacial score (nSPS) is 12.2. The molecule has 1 heterocycles. The van der Waals surface area contributed by atoms with Gasteiger partial charge in [-0.2, -0.15) is 4.31 Å². The van der Waals surface area contributed by atoms with E-state index in [1.165, 1.54) is 23.5 Å². The smallest absolute Gasteiger partial charge is 0.261 e. The molecule has 0 fully saturated rings. The molecule has 0 aliphatic heterocycles. The van der Waals surface area contributed by atoms with Gasteiger partial charge in [-0.1, -0.05) is 19.0 Å². The van der Waals surface area contributed by atoms with Gasteiger partial charge in [0.25, 0.3) is 5.91 Å². The summed E-state index contributed by atoms with van der Waals surface area (Å²) >= 11 is 0. The third-order valence-electron chi connectivity index (χ3n) is 4.16.